The third-order valence-corrected chi connectivity index (χ3v) is 4.65. The molecule has 26 heavy (non-hydrogen) atoms. The molecule has 1 aromatic carbocycles. The average molecular weight is 390 g/mol. The molecule has 8 nitrogen and oxygen atoms in total. The maximum absolute atomic E-state index is 12.9. The standard InChI is InChI=1S/C16H23FN2O6S/c1-10(2)8-18-14(21)9-25-16(22)15(11(3)20)19-26(23,24)13-6-4-12(17)5-7-13/h4-7,10-11,15,19-20H,8-9H2,1-3H3,(H,18,21)/t11-,15-/m1/s1. The lowest BCUT2D eigenvalue weighted by molar-refractivity contribution is -0.152. The fourth-order valence-electron chi connectivity index (χ4n) is 1.79. The first-order chi connectivity index (χ1) is 12.0. The minimum atomic E-state index is -4.20. The minimum Gasteiger partial charge on any atom is -0.454 e. The molecule has 10 heteroatoms. The van der Waals surface area contributed by atoms with Crippen LogP contribution in [0.25, 0.3) is 0 Å². The summed E-state index contributed by atoms with van der Waals surface area (Å²) in [6.45, 7) is 4.76. The first kappa shape index (κ1) is 22.0. The van der Waals surface area contributed by atoms with Crippen LogP contribution in [-0.2, 0) is 24.3 Å². The van der Waals surface area contributed by atoms with Crippen molar-refractivity contribution in [2.24, 2.45) is 5.92 Å². The number of carbonyl (C=O) groups excluding carboxylic acids is 2. The van der Waals surface area contributed by atoms with Crippen LogP contribution in [0.2, 0.25) is 0 Å². The lowest BCUT2D eigenvalue weighted by Gasteiger charge is -2.20. The number of rotatable bonds is 9. The highest BCUT2D eigenvalue weighted by atomic mass is 32.2. The van der Waals surface area contributed by atoms with Crippen LogP contribution < -0.4 is 10.0 Å². The third-order valence-electron chi connectivity index (χ3n) is 3.20. The zero-order valence-electron chi connectivity index (χ0n) is 14.7. The van der Waals surface area contributed by atoms with E-state index in [1.807, 2.05) is 18.6 Å². The van der Waals surface area contributed by atoms with Crippen molar-refractivity contribution in [1.29, 1.82) is 0 Å². The van der Waals surface area contributed by atoms with Gasteiger partial charge in [0, 0.05) is 6.54 Å². The Kier molecular flexibility index (Phi) is 8.12. The highest BCUT2D eigenvalue weighted by Crippen LogP contribution is 2.11. The number of ether oxygens (including phenoxy) is 1. The minimum absolute atomic E-state index is 0.211. The molecule has 0 aliphatic rings. The number of sulfonamides is 1. The maximum Gasteiger partial charge on any atom is 0.327 e. The largest absolute Gasteiger partial charge is 0.454 e. The number of aliphatic hydroxyl groups excluding tert-OH is 1. The normalized spacial score (nSPS) is 13.9. The Balaban J connectivity index is 2.74. The van der Waals surface area contributed by atoms with Gasteiger partial charge >= 0.3 is 5.97 Å². The zero-order chi connectivity index (χ0) is 19.9. The van der Waals surface area contributed by atoms with Gasteiger partial charge in [-0.05, 0) is 37.1 Å². The van der Waals surface area contributed by atoms with E-state index >= 15 is 0 Å². The Morgan fingerprint density at radius 1 is 1.19 bits per heavy atom. The van der Waals surface area contributed by atoms with Crippen LogP contribution in [0.1, 0.15) is 20.8 Å². The quantitative estimate of drug-likeness (QED) is 0.517. The smallest absolute Gasteiger partial charge is 0.327 e. The predicted octanol–water partition coefficient (Wildman–Crippen LogP) is 0.169. The summed E-state index contributed by atoms with van der Waals surface area (Å²) < 4.78 is 44.2. The second kappa shape index (κ2) is 9.60. The Labute approximate surface area is 151 Å². The van der Waals surface area contributed by atoms with E-state index < -0.39 is 46.5 Å². The highest BCUT2D eigenvalue weighted by Gasteiger charge is 2.31. The van der Waals surface area contributed by atoms with Gasteiger partial charge in [0.15, 0.2) is 6.61 Å². The topological polar surface area (TPSA) is 122 Å². The molecular formula is C16H23FN2O6S. The van der Waals surface area contributed by atoms with Crippen molar-refractivity contribution in [3.63, 3.8) is 0 Å². The number of amides is 1. The summed E-state index contributed by atoms with van der Waals surface area (Å²) in [6, 6.07) is 2.30. The van der Waals surface area contributed by atoms with Crippen molar-refractivity contribution in [3.8, 4) is 0 Å². The molecule has 0 fully saturated rings. The number of aliphatic hydroxyl groups is 1. The Morgan fingerprint density at radius 3 is 2.27 bits per heavy atom. The van der Waals surface area contributed by atoms with Crippen molar-refractivity contribution in [2.45, 2.75) is 37.8 Å². The molecule has 0 aromatic heterocycles. The first-order valence-corrected chi connectivity index (χ1v) is 9.40. The number of hydrogen-bond donors (Lipinski definition) is 3. The molecule has 0 spiro atoms. The van der Waals surface area contributed by atoms with Crippen molar-refractivity contribution in [3.05, 3.63) is 30.1 Å². The van der Waals surface area contributed by atoms with Gasteiger partial charge in [-0.15, -0.1) is 0 Å². The molecule has 0 aliphatic carbocycles. The van der Waals surface area contributed by atoms with E-state index in [2.05, 4.69) is 5.32 Å². The van der Waals surface area contributed by atoms with Crippen LogP contribution in [0, 0.1) is 11.7 Å². The van der Waals surface area contributed by atoms with Gasteiger partial charge in [-0.3, -0.25) is 9.59 Å². The van der Waals surface area contributed by atoms with Crippen molar-refractivity contribution >= 4 is 21.9 Å². The molecule has 0 radical (unpaired) electrons. The molecule has 146 valence electrons. The van der Waals surface area contributed by atoms with E-state index in [0.717, 1.165) is 24.3 Å². The fourth-order valence-corrected chi connectivity index (χ4v) is 3.05. The van der Waals surface area contributed by atoms with Crippen molar-refractivity contribution < 1.29 is 32.2 Å². The van der Waals surface area contributed by atoms with Gasteiger partial charge in [0.25, 0.3) is 5.91 Å². The van der Waals surface area contributed by atoms with Gasteiger partial charge in [0.1, 0.15) is 11.9 Å². The fraction of sp³-hybridized carbons (Fsp3) is 0.500. The van der Waals surface area contributed by atoms with Gasteiger partial charge in [0.05, 0.1) is 11.0 Å². The third kappa shape index (κ3) is 7.06. The van der Waals surface area contributed by atoms with E-state index in [9.17, 15) is 27.5 Å². The van der Waals surface area contributed by atoms with Gasteiger partial charge in [-0.2, -0.15) is 4.72 Å². The lowest BCUT2D eigenvalue weighted by Crippen LogP contribution is -2.49. The number of nitrogens with one attached hydrogen (secondary N) is 2. The Bertz CT molecular complexity index is 719. The Morgan fingerprint density at radius 2 is 1.77 bits per heavy atom. The molecule has 0 aliphatic heterocycles. The molecule has 0 heterocycles. The number of carbonyl (C=O) groups is 2. The van der Waals surface area contributed by atoms with Crippen LogP contribution >= 0.6 is 0 Å². The summed E-state index contributed by atoms with van der Waals surface area (Å²) in [7, 11) is -4.20. The van der Waals surface area contributed by atoms with E-state index in [4.69, 9.17) is 4.74 Å². The van der Waals surface area contributed by atoms with Crippen LogP contribution in [0.3, 0.4) is 0 Å². The molecule has 0 unspecified atom stereocenters. The summed E-state index contributed by atoms with van der Waals surface area (Å²) in [5.41, 5.74) is 0. The molecule has 0 saturated heterocycles. The van der Waals surface area contributed by atoms with Gasteiger partial charge < -0.3 is 15.2 Å². The molecule has 1 amide bonds. The van der Waals surface area contributed by atoms with E-state index in [1.165, 1.54) is 6.92 Å². The molecular weight excluding hydrogens is 367 g/mol. The van der Waals surface area contributed by atoms with Crippen molar-refractivity contribution in [1.82, 2.24) is 10.0 Å². The number of hydrogen-bond acceptors (Lipinski definition) is 6. The van der Waals surface area contributed by atoms with Crippen LogP contribution in [0.5, 0.6) is 0 Å². The SMILES string of the molecule is CC(C)CNC(=O)COC(=O)[C@H](NS(=O)(=O)c1ccc(F)cc1)[C@@H](C)O. The lowest BCUT2D eigenvalue weighted by atomic mass is 10.2. The second-order valence-electron chi connectivity index (χ2n) is 6.10. The van der Waals surface area contributed by atoms with E-state index in [0.29, 0.717) is 6.54 Å². The molecule has 2 atom stereocenters. The first-order valence-electron chi connectivity index (χ1n) is 7.92. The number of halogens is 1. The van der Waals surface area contributed by atoms with E-state index in [1.54, 1.807) is 0 Å². The summed E-state index contributed by atoms with van der Waals surface area (Å²) in [5.74, 6) is -2.06. The molecule has 1 rings (SSSR count). The summed E-state index contributed by atoms with van der Waals surface area (Å²) in [5, 5.41) is 12.2. The molecule has 0 bridgehead atoms. The molecule has 1 aromatic rings. The predicted molar refractivity (Wildman–Crippen MR) is 91.0 cm³/mol. The molecule has 3 N–H and O–H groups in total. The highest BCUT2D eigenvalue weighted by molar-refractivity contribution is 7.89. The van der Waals surface area contributed by atoms with Crippen molar-refractivity contribution in [2.75, 3.05) is 13.2 Å². The Hall–Kier alpha value is -2.04. The zero-order valence-corrected chi connectivity index (χ0v) is 15.5. The summed E-state index contributed by atoms with van der Waals surface area (Å²) in [6.07, 6.45) is -1.42. The summed E-state index contributed by atoms with van der Waals surface area (Å²) >= 11 is 0. The maximum atomic E-state index is 12.9. The second-order valence-corrected chi connectivity index (χ2v) is 7.81. The van der Waals surface area contributed by atoms with Gasteiger partial charge in [0.2, 0.25) is 10.0 Å². The monoisotopic (exact) mass is 390 g/mol. The van der Waals surface area contributed by atoms with Gasteiger partial charge in [-0.25, -0.2) is 12.8 Å². The van der Waals surface area contributed by atoms with Gasteiger partial charge in [-0.1, -0.05) is 13.8 Å². The van der Waals surface area contributed by atoms with Crippen LogP contribution in [0.4, 0.5) is 4.39 Å². The van der Waals surface area contributed by atoms with Crippen LogP contribution in [-0.4, -0.2) is 50.7 Å². The molecule has 0 saturated carbocycles. The van der Waals surface area contributed by atoms with Crippen LogP contribution in [0.15, 0.2) is 29.2 Å². The van der Waals surface area contributed by atoms with E-state index in [-0.39, 0.29) is 10.8 Å². The average Bonchev–Trinajstić information content (AvgIpc) is 2.55. The summed E-state index contributed by atoms with van der Waals surface area (Å²) in [4.78, 5) is 23.3. The number of benzene rings is 1. The number of esters is 1.